The van der Waals surface area contributed by atoms with Crippen LogP contribution in [0.25, 0.3) is 22.2 Å². The van der Waals surface area contributed by atoms with Gasteiger partial charge in [-0.1, -0.05) is 19.1 Å². The van der Waals surface area contributed by atoms with Gasteiger partial charge in [0.2, 0.25) is 0 Å². The number of hydrogen-bond donors (Lipinski definition) is 2. The second kappa shape index (κ2) is 7.03. The largest absolute Gasteiger partial charge is 0.496 e. The average molecular weight is 376 g/mol. The molecule has 144 valence electrons. The predicted molar refractivity (Wildman–Crippen MR) is 112 cm³/mol. The zero-order valence-electron chi connectivity index (χ0n) is 16.3. The summed E-state index contributed by atoms with van der Waals surface area (Å²) in [7, 11) is 1.56. The summed E-state index contributed by atoms with van der Waals surface area (Å²) >= 11 is 0. The molecule has 6 heteroatoms. The van der Waals surface area contributed by atoms with Crippen LogP contribution >= 0.6 is 0 Å². The highest BCUT2D eigenvalue weighted by molar-refractivity contribution is 6.04. The molecule has 1 aliphatic rings. The van der Waals surface area contributed by atoms with Gasteiger partial charge in [0, 0.05) is 12.5 Å². The van der Waals surface area contributed by atoms with Gasteiger partial charge < -0.3 is 20.4 Å². The summed E-state index contributed by atoms with van der Waals surface area (Å²) in [5.74, 6) is 0.145. The summed E-state index contributed by atoms with van der Waals surface area (Å²) in [5, 5.41) is 3.23. The van der Waals surface area contributed by atoms with Gasteiger partial charge in [0.1, 0.15) is 11.3 Å². The Labute approximate surface area is 164 Å². The highest BCUT2D eigenvalue weighted by Crippen LogP contribution is 2.45. The number of aryl methyl sites for hydroxylation is 1. The summed E-state index contributed by atoms with van der Waals surface area (Å²) in [5.41, 5.74) is 12.0. The van der Waals surface area contributed by atoms with E-state index in [1.165, 1.54) is 0 Å². The van der Waals surface area contributed by atoms with Crippen LogP contribution < -0.4 is 15.8 Å². The number of ether oxygens (including phenoxy) is 1. The number of nitrogens with two attached hydrogens (primary N) is 1. The number of aromatic nitrogens is 2. The van der Waals surface area contributed by atoms with Crippen molar-refractivity contribution in [2.75, 3.05) is 12.4 Å². The smallest absolute Gasteiger partial charge is 0.254 e. The number of nitrogens with one attached hydrogen (secondary N) is 1. The van der Waals surface area contributed by atoms with E-state index in [0.717, 1.165) is 46.4 Å². The molecule has 1 unspecified atom stereocenters. The first-order chi connectivity index (χ1) is 13.6. The second-order valence-corrected chi connectivity index (χ2v) is 6.91. The third kappa shape index (κ3) is 2.72. The van der Waals surface area contributed by atoms with Crippen LogP contribution in [-0.2, 0) is 6.54 Å². The SMILES string of the molecule is CCC1C=CNc2c(C(N)=O)c(OC)cc(-c3ccc4c(c3)ncn4CC)c21. The molecule has 2 aromatic carbocycles. The van der Waals surface area contributed by atoms with Crippen LogP contribution in [-0.4, -0.2) is 22.6 Å². The molecule has 0 aliphatic carbocycles. The summed E-state index contributed by atoms with van der Waals surface area (Å²) in [4.78, 5) is 16.7. The van der Waals surface area contributed by atoms with Gasteiger partial charge in [-0.25, -0.2) is 4.98 Å². The second-order valence-electron chi connectivity index (χ2n) is 6.91. The first-order valence-electron chi connectivity index (χ1n) is 9.52. The monoisotopic (exact) mass is 376 g/mol. The number of hydrogen-bond acceptors (Lipinski definition) is 4. The highest BCUT2D eigenvalue weighted by atomic mass is 16.5. The van der Waals surface area contributed by atoms with Crippen LogP contribution in [0.2, 0.25) is 0 Å². The molecule has 3 aromatic rings. The van der Waals surface area contributed by atoms with Crippen LogP contribution in [0.15, 0.2) is 42.9 Å². The van der Waals surface area contributed by atoms with Crippen molar-refractivity contribution in [2.24, 2.45) is 5.73 Å². The molecule has 1 amide bonds. The van der Waals surface area contributed by atoms with Gasteiger partial charge in [-0.15, -0.1) is 0 Å². The zero-order chi connectivity index (χ0) is 19.8. The van der Waals surface area contributed by atoms with Crippen molar-refractivity contribution < 1.29 is 9.53 Å². The Balaban J connectivity index is 2.00. The van der Waals surface area contributed by atoms with E-state index >= 15 is 0 Å². The number of methoxy groups -OCH3 is 1. The van der Waals surface area contributed by atoms with Crippen LogP contribution in [0.4, 0.5) is 5.69 Å². The molecule has 28 heavy (non-hydrogen) atoms. The first-order valence-corrected chi connectivity index (χ1v) is 9.52. The van der Waals surface area contributed by atoms with E-state index in [-0.39, 0.29) is 5.92 Å². The van der Waals surface area contributed by atoms with Gasteiger partial charge in [-0.3, -0.25) is 4.79 Å². The third-order valence-electron chi connectivity index (χ3n) is 5.44. The number of carbonyl (C=O) groups is 1. The third-order valence-corrected chi connectivity index (χ3v) is 5.44. The van der Waals surface area contributed by atoms with Crippen LogP contribution in [0.3, 0.4) is 0 Å². The Morgan fingerprint density at radius 2 is 2.14 bits per heavy atom. The topological polar surface area (TPSA) is 82.2 Å². The van der Waals surface area contributed by atoms with E-state index in [0.29, 0.717) is 11.3 Å². The fourth-order valence-corrected chi connectivity index (χ4v) is 4.02. The molecule has 4 rings (SSSR count). The summed E-state index contributed by atoms with van der Waals surface area (Å²) < 4.78 is 7.64. The van der Waals surface area contributed by atoms with Gasteiger partial charge in [-0.2, -0.15) is 0 Å². The van der Waals surface area contributed by atoms with Crippen molar-refractivity contribution >= 4 is 22.6 Å². The van der Waals surface area contributed by atoms with Gasteiger partial charge >= 0.3 is 0 Å². The number of carbonyl (C=O) groups excluding carboxylic acids is 1. The lowest BCUT2D eigenvalue weighted by Gasteiger charge is -2.27. The molecule has 0 saturated heterocycles. The molecule has 3 N–H and O–H groups in total. The van der Waals surface area contributed by atoms with Gasteiger partial charge in [-0.05, 0) is 54.4 Å². The molecule has 0 fully saturated rings. The standard InChI is InChI=1S/C22H24N4O2/c1-4-13-8-9-24-21-19(13)15(11-18(28-3)20(21)22(23)27)14-6-7-17-16(10-14)25-12-26(17)5-2/h6-13,24H,4-5H2,1-3H3,(H2,23,27). The van der Waals surface area contributed by atoms with E-state index in [9.17, 15) is 4.79 Å². The van der Waals surface area contributed by atoms with Crippen LogP contribution in [0.5, 0.6) is 5.75 Å². The maximum absolute atomic E-state index is 12.2. The fourth-order valence-electron chi connectivity index (χ4n) is 4.02. The Morgan fingerprint density at radius 3 is 2.82 bits per heavy atom. The Hall–Kier alpha value is -3.28. The number of allylic oxidation sites excluding steroid dienone is 1. The van der Waals surface area contributed by atoms with E-state index in [4.69, 9.17) is 10.5 Å². The Kier molecular flexibility index (Phi) is 4.55. The average Bonchev–Trinajstić information content (AvgIpc) is 3.13. The fraction of sp³-hybridized carbons (Fsp3) is 0.273. The Morgan fingerprint density at radius 1 is 1.32 bits per heavy atom. The molecular formula is C22H24N4O2. The van der Waals surface area contributed by atoms with E-state index in [1.54, 1.807) is 7.11 Å². The molecule has 1 atom stereocenters. The van der Waals surface area contributed by atoms with Crippen molar-refractivity contribution in [3.8, 4) is 16.9 Å². The zero-order valence-corrected chi connectivity index (χ0v) is 16.3. The maximum atomic E-state index is 12.2. The molecule has 6 nitrogen and oxygen atoms in total. The van der Waals surface area contributed by atoms with Crippen molar-refractivity contribution in [1.29, 1.82) is 0 Å². The van der Waals surface area contributed by atoms with E-state index in [1.807, 2.05) is 18.6 Å². The molecule has 0 radical (unpaired) electrons. The number of rotatable bonds is 5. The van der Waals surface area contributed by atoms with Crippen LogP contribution in [0, 0.1) is 0 Å². The van der Waals surface area contributed by atoms with Gasteiger partial charge in [0.15, 0.2) is 0 Å². The van der Waals surface area contributed by atoms with E-state index < -0.39 is 5.91 Å². The molecule has 2 heterocycles. The number of fused-ring (bicyclic) bond motifs is 2. The highest BCUT2D eigenvalue weighted by Gasteiger charge is 2.27. The van der Waals surface area contributed by atoms with Crippen molar-refractivity contribution in [1.82, 2.24) is 9.55 Å². The van der Waals surface area contributed by atoms with Gasteiger partial charge in [0.25, 0.3) is 5.91 Å². The summed E-state index contributed by atoms with van der Waals surface area (Å²) in [6.45, 7) is 5.11. The number of benzene rings is 2. The molecule has 1 aliphatic heterocycles. The lowest BCUT2D eigenvalue weighted by Crippen LogP contribution is -2.19. The van der Waals surface area contributed by atoms with Crippen molar-refractivity contribution in [3.63, 3.8) is 0 Å². The lowest BCUT2D eigenvalue weighted by molar-refractivity contribution is 0.0998. The number of anilines is 1. The molecular weight excluding hydrogens is 352 g/mol. The van der Waals surface area contributed by atoms with E-state index in [2.05, 4.69) is 53.0 Å². The normalized spacial score (nSPS) is 15.3. The number of imidazole rings is 1. The first kappa shape index (κ1) is 18.1. The van der Waals surface area contributed by atoms with Crippen LogP contribution in [0.1, 0.15) is 42.1 Å². The predicted octanol–water partition coefficient (Wildman–Crippen LogP) is 4.26. The minimum atomic E-state index is -0.505. The Bertz CT molecular complexity index is 1100. The van der Waals surface area contributed by atoms with Crippen molar-refractivity contribution in [3.05, 3.63) is 54.0 Å². The molecule has 0 bridgehead atoms. The minimum Gasteiger partial charge on any atom is -0.496 e. The lowest BCUT2D eigenvalue weighted by atomic mass is 9.83. The molecule has 0 spiro atoms. The number of amides is 1. The van der Waals surface area contributed by atoms with Crippen molar-refractivity contribution in [2.45, 2.75) is 32.7 Å². The number of primary amides is 1. The molecule has 1 aromatic heterocycles. The number of nitrogens with zero attached hydrogens (tertiary/aromatic N) is 2. The molecule has 0 saturated carbocycles. The maximum Gasteiger partial charge on any atom is 0.254 e. The van der Waals surface area contributed by atoms with Gasteiger partial charge in [0.05, 0.1) is 30.2 Å². The summed E-state index contributed by atoms with van der Waals surface area (Å²) in [6.07, 6.45) is 6.76. The minimum absolute atomic E-state index is 0.180. The summed E-state index contributed by atoms with van der Waals surface area (Å²) in [6, 6.07) is 8.20. The quantitative estimate of drug-likeness (QED) is 0.697.